The molecule has 0 radical (unpaired) electrons. The first-order valence-corrected chi connectivity index (χ1v) is 6.95. The van der Waals surface area contributed by atoms with Gasteiger partial charge in [0, 0.05) is 5.56 Å². The second-order valence-corrected chi connectivity index (χ2v) is 5.40. The van der Waals surface area contributed by atoms with Gasteiger partial charge in [0.25, 0.3) is 0 Å². The van der Waals surface area contributed by atoms with Crippen molar-refractivity contribution in [3.05, 3.63) is 29.8 Å². The maximum atomic E-state index is 11.5. The van der Waals surface area contributed by atoms with Crippen molar-refractivity contribution >= 4 is 15.7 Å². The van der Waals surface area contributed by atoms with Crippen LogP contribution in [0.25, 0.3) is 0 Å². The molecule has 2 N–H and O–H groups in total. The summed E-state index contributed by atoms with van der Waals surface area (Å²) in [5.74, 6) is 0. The van der Waals surface area contributed by atoms with Crippen molar-refractivity contribution in [3.63, 3.8) is 0 Å². The largest absolute Gasteiger partial charge is 0.396 e. The molecule has 1 aromatic carbocycles. The molecule has 0 spiro atoms. The first-order chi connectivity index (χ1) is 8.09. The van der Waals surface area contributed by atoms with Crippen LogP contribution >= 0.6 is 0 Å². The average molecular weight is 254 g/mol. The highest BCUT2D eigenvalue weighted by Crippen LogP contribution is 2.19. The van der Waals surface area contributed by atoms with E-state index in [1.54, 1.807) is 18.2 Å². The molecule has 1 aromatic rings. The summed E-state index contributed by atoms with van der Waals surface area (Å²) in [5, 5.41) is 9.14. The molecule has 0 fully saturated rings. The maximum Gasteiger partial charge on any atom is 0.238 e. The van der Waals surface area contributed by atoms with Crippen LogP contribution in [0.4, 0.5) is 0 Å². The summed E-state index contributed by atoms with van der Waals surface area (Å²) in [6.07, 6.45) is 2.55. The third kappa shape index (κ3) is 2.83. The van der Waals surface area contributed by atoms with Crippen molar-refractivity contribution in [1.82, 2.24) is 0 Å². The lowest BCUT2D eigenvalue weighted by Crippen LogP contribution is -2.17. The Morgan fingerprint density at radius 2 is 2.00 bits per heavy atom. The number of oxime groups is 1. The summed E-state index contributed by atoms with van der Waals surface area (Å²) < 4.78 is 22.9. The normalized spacial score (nSPS) is 16.9. The monoisotopic (exact) mass is 254 g/mol. The second-order valence-electron chi connectivity index (χ2n) is 3.87. The van der Waals surface area contributed by atoms with Gasteiger partial charge in [0.1, 0.15) is 6.61 Å². The average Bonchev–Trinajstić information content (AvgIpc) is 2.56. The lowest BCUT2D eigenvalue weighted by atomic mass is 10.1. The van der Waals surface area contributed by atoms with Crippen LogP contribution in [-0.2, 0) is 14.9 Å². The first kappa shape index (κ1) is 12.1. The minimum Gasteiger partial charge on any atom is -0.396 e. The summed E-state index contributed by atoms with van der Waals surface area (Å²) in [4.78, 5) is 5.18. The van der Waals surface area contributed by atoms with Gasteiger partial charge in [-0.3, -0.25) is 0 Å². The van der Waals surface area contributed by atoms with E-state index in [4.69, 9.17) is 9.98 Å². The molecule has 0 saturated carbocycles. The number of primary sulfonamides is 1. The molecular formula is C11H14N2O3S. The van der Waals surface area contributed by atoms with Crippen LogP contribution in [0.3, 0.4) is 0 Å². The van der Waals surface area contributed by atoms with Crippen LogP contribution in [0.5, 0.6) is 0 Å². The smallest absolute Gasteiger partial charge is 0.238 e. The van der Waals surface area contributed by atoms with Crippen LogP contribution in [0.15, 0.2) is 34.3 Å². The highest BCUT2D eigenvalue weighted by atomic mass is 32.2. The minimum absolute atomic E-state index is 0.101. The fraction of sp³-hybridized carbons (Fsp3) is 0.364. The van der Waals surface area contributed by atoms with Gasteiger partial charge in [-0.2, -0.15) is 0 Å². The van der Waals surface area contributed by atoms with Crippen LogP contribution in [0.2, 0.25) is 0 Å². The highest BCUT2D eigenvalue weighted by Gasteiger charge is 2.18. The minimum atomic E-state index is -3.73. The zero-order valence-corrected chi connectivity index (χ0v) is 10.1. The fourth-order valence-corrected chi connectivity index (χ4v) is 2.53. The van der Waals surface area contributed by atoms with Gasteiger partial charge in [-0.05, 0) is 25.3 Å². The summed E-state index contributed by atoms with van der Waals surface area (Å²) in [6, 6.07) is 6.59. The summed E-state index contributed by atoms with van der Waals surface area (Å²) >= 11 is 0. The Balaban J connectivity index is 2.48. The summed E-state index contributed by atoms with van der Waals surface area (Å²) in [5.41, 5.74) is 1.18. The Hall–Kier alpha value is -1.40. The van der Waals surface area contributed by atoms with Crippen molar-refractivity contribution in [2.45, 2.75) is 24.2 Å². The molecule has 5 nitrogen and oxygen atoms in total. The SMILES string of the molecule is NS(=O)(=O)c1ccccc1C1=NOCCCC1. The van der Waals surface area contributed by atoms with Gasteiger partial charge >= 0.3 is 0 Å². The quantitative estimate of drug-likeness (QED) is 0.862. The lowest BCUT2D eigenvalue weighted by Gasteiger charge is -2.08. The number of hydrogen-bond acceptors (Lipinski definition) is 4. The Labute approximate surface area is 100 Å². The molecular weight excluding hydrogens is 240 g/mol. The van der Waals surface area contributed by atoms with Gasteiger partial charge < -0.3 is 4.84 Å². The third-order valence-corrected chi connectivity index (χ3v) is 3.55. The predicted molar refractivity (Wildman–Crippen MR) is 64.2 cm³/mol. The summed E-state index contributed by atoms with van der Waals surface area (Å²) in [6.45, 7) is 0.570. The van der Waals surface area contributed by atoms with Gasteiger partial charge in [0.15, 0.2) is 0 Å². The van der Waals surface area contributed by atoms with Gasteiger partial charge in [0.05, 0.1) is 10.6 Å². The van der Waals surface area contributed by atoms with E-state index >= 15 is 0 Å². The molecule has 0 saturated heterocycles. The number of hydrogen-bond donors (Lipinski definition) is 1. The van der Waals surface area contributed by atoms with Gasteiger partial charge in [0.2, 0.25) is 10.0 Å². The van der Waals surface area contributed by atoms with Crippen molar-refractivity contribution in [1.29, 1.82) is 0 Å². The number of sulfonamides is 1. The molecule has 1 aliphatic heterocycles. The standard InChI is InChI=1S/C11H14N2O3S/c12-17(14,15)11-7-2-1-5-9(11)10-6-3-4-8-16-13-10/h1-2,5,7H,3-4,6,8H2,(H2,12,14,15). The molecule has 1 heterocycles. The number of rotatable bonds is 2. The molecule has 1 aliphatic rings. The van der Waals surface area contributed by atoms with E-state index in [2.05, 4.69) is 5.16 Å². The number of benzene rings is 1. The molecule has 0 amide bonds. The second kappa shape index (κ2) is 4.85. The zero-order valence-electron chi connectivity index (χ0n) is 9.30. The Morgan fingerprint density at radius 1 is 1.24 bits per heavy atom. The van der Waals surface area contributed by atoms with E-state index in [1.165, 1.54) is 6.07 Å². The maximum absolute atomic E-state index is 11.5. The van der Waals surface area contributed by atoms with E-state index in [0.717, 1.165) is 12.8 Å². The van der Waals surface area contributed by atoms with Crippen molar-refractivity contribution in [2.75, 3.05) is 6.61 Å². The first-order valence-electron chi connectivity index (χ1n) is 5.40. The van der Waals surface area contributed by atoms with Gasteiger partial charge in [-0.25, -0.2) is 13.6 Å². The molecule has 0 atom stereocenters. The molecule has 17 heavy (non-hydrogen) atoms. The lowest BCUT2D eigenvalue weighted by molar-refractivity contribution is 0.146. The number of nitrogens with two attached hydrogens (primary N) is 1. The zero-order chi connectivity index (χ0) is 12.3. The Morgan fingerprint density at radius 3 is 2.76 bits per heavy atom. The van der Waals surface area contributed by atoms with E-state index in [0.29, 0.717) is 24.3 Å². The van der Waals surface area contributed by atoms with Crippen LogP contribution < -0.4 is 5.14 Å². The van der Waals surface area contributed by atoms with E-state index in [9.17, 15) is 8.42 Å². The molecule has 92 valence electrons. The predicted octanol–water partition coefficient (Wildman–Crippen LogP) is 1.24. The Kier molecular flexibility index (Phi) is 3.44. The van der Waals surface area contributed by atoms with Gasteiger partial charge in [-0.1, -0.05) is 23.4 Å². The Bertz CT molecular complexity index is 537. The molecule has 2 rings (SSSR count). The van der Waals surface area contributed by atoms with Crippen molar-refractivity contribution in [2.24, 2.45) is 10.3 Å². The van der Waals surface area contributed by atoms with Gasteiger partial charge in [-0.15, -0.1) is 0 Å². The third-order valence-electron chi connectivity index (χ3n) is 2.58. The van der Waals surface area contributed by atoms with Crippen LogP contribution in [-0.4, -0.2) is 20.7 Å². The molecule has 0 aliphatic carbocycles. The molecule has 0 aromatic heterocycles. The molecule has 6 heteroatoms. The molecule has 0 bridgehead atoms. The van der Waals surface area contributed by atoms with Crippen LogP contribution in [0.1, 0.15) is 24.8 Å². The summed E-state index contributed by atoms with van der Waals surface area (Å²) in [7, 11) is -3.73. The van der Waals surface area contributed by atoms with E-state index < -0.39 is 10.0 Å². The number of nitrogens with zero attached hydrogens (tertiary/aromatic N) is 1. The van der Waals surface area contributed by atoms with Crippen molar-refractivity contribution < 1.29 is 13.3 Å². The van der Waals surface area contributed by atoms with E-state index in [1.807, 2.05) is 0 Å². The topological polar surface area (TPSA) is 81.8 Å². The van der Waals surface area contributed by atoms with Crippen LogP contribution in [0, 0.1) is 0 Å². The van der Waals surface area contributed by atoms with E-state index in [-0.39, 0.29) is 4.90 Å². The fourth-order valence-electron chi connectivity index (χ4n) is 1.77. The highest BCUT2D eigenvalue weighted by molar-refractivity contribution is 7.89. The van der Waals surface area contributed by atoms with Crippen molar-refractivity contribution in [3.8, 4) is 0 Å². The molecule has 0 unspecified atom stereocenters.